The second-order valence-corrected chi connectivity index (χ2v) is 9.21. The third-order valence-corrected chi connectivity index (χ3v) is 6.99. The van der Waals surface area contributed by atoms with E-state index in [1.807, 2.05) is 54.6 Å². The molecule has 3 aromatic carbocycles. The lowest BCUT2D eigenvalue weighted by Gasteiger charge is -2.29. The van der Waals surface area contributed by atoms with E-state index in [9.17, 15) is 14.7 Å². The van der Waals surface area contributed by atoms with E-state index in [-0.39, 0.29) is 11.7 Å². The summed E-state index contributed by atoms with van der Waals surface area (Å²) in [6.45, 7) is 4.92. The summed E-state index contributed by atoms with van der Waals surface area (Å²) in [6, 6.07) is 24.4. The van der Waals surface area contributed by atoms with Crippen molar-refractivity contribution in [2.75, 3.05) is 6.54 Å². The van der Waals surface area contributed by atoms with E-state index in [4.69, 9.17) is 4.74 Å². The number of fused-ring (bicyclic) bond motifs is 1. The Kier molecular flexibility index (Phi) is 6.62. The summed E-state index contributed by atoms with van der Waals surface area (Å²) >= 11 is 0. The van der Waals surface area contributed by atoms with Gasteiger partial charge in [-0.3, -0.25) is 9.59 Å². The molecule has 0 aromatic heterocycles. The van der Waals surface area contributed by atoms with Crippen LogP contribution in [0.15, 0.2) is 95.8 Å². The second kappa shape index (κ2) is 10.2. The van der Waals surface area contributed by atoms with Crippen LogP contribution in [0.3, 0.4) is 0 Å². The molecule has 0 bridgehead atoms. The first-order chi connectivity index (χ1) is 17.5. The smallest absolute Gasteiger partial charge is 0.307 e. The third-order valence-electron chi connectivity index (χ3n) is 6.99. The number of carbonyl (C=O) groups excluding carboxylic acids is 1. The Morgan fingerprint density at radius 1 is 0.972 bits per heavy atom. The highest BCUT2D eigenvalue weighted by Gasteiger charge is 2.45. The molecule has 36 heavy (non-hydrogen) atoms. The predicted molar refractivity (Wildman–Crippen MR) is 136 cm³/mol. The van der Waals surface area contributed by atoms with Crippen molar-refractivity contribution in [3.8, 4) is 5.75 Å². The summed E-state index contributed by atoms with van der Waals surface area (Å²) in [4.78, 5) is 25.6. The van der Waals surface area contributed by atoms with Crippen molar-refractivity contribution >= 4 is 23.1 Å². The van der Waals surface area contributed by atoms with Crippen LogP contribution in [0.1, 0.15) is 34.3 Å². The molecule has 0 unspecified atom stereocenters. The van der Waals surface area contributed by atoms with Crippen LogP contribution in [0.5, 0.6) is 5.75 Å². The summed E-state index contributed by atoms with van der Waals surface area (Å²) in [7, 11) is 0. The van der Waals surface area contributed by atoms with Gasteiger partial charge in [0.2, 0.25) is 0 Å². The Hall–Kier alpha value is -4.26. The Balaban J connectivity index is 1.25. The van der Waals surface area contributed by atoms with Crippen molar-refractivity contribution in [2.45, 2.75) is 19.4 Å². The SMILES string of the molecule is C=C1c2ccccc2N=NN1C[C@H]1CC[C@@H](C(=O)c2ccc(OCc3ccccc3)cc2)[C@@H]1C(=O)O. The molecular weight excluding hydrogens is 454 g/mol. The number of nitrogens with zero attached hydrogens (tertiary/aromatic N) is 3. The number of hydrogen-bond donors (Lipinski definition) is 1. The lowest BCUT2D eigenvalue weighted by Crippen LogP contribution is -2.34. The van der Waals surface area contributed by atoms with Crippen LogP contribution in [-0.2, 0) is 11.4 Å². The molecule has 3 aromatic rings. The van der Waals surface area contributed by atoms with Gasteiger partial charge >= 0.3 is 5.97 Å². The van der Waals surface area contributed by atoms with Gasteiger partial charge in [0.05, 0.1) is 17.3 Å². The Labute approximate surface area is 209 Å². The van der Waals surface area contributed by atoms with E-state index in [0.29, 0.717) is 43.0 Å². The highest BCUT2D eigenvalue weighted by Crippen LogP contribution is 2.42. The van der Waals surface area contributed by atoms with Crippen LogP contribution in [-0.4, -0.2) is 28.4 Å². The predicted octanol–water partition coefficient (Wildman–Crippen LogP) is 6.16. The largest absolute Gasteiger partial charge is 0.489 e. The number of benzene rings is 3. The Morgan fingerprint density at radius 2 is 1.69 bits per heavy atom. The van der Waals surface area contributed by atoms with Gasteiger partial charge in [-0.15, -0.1) is 5.11 Å². The summed E-state index contributed by atoms with van der Waals surface area (Å²) in [6.07, 6.45) is 1.13. The maximum atomic E-state index is 13.3. The quantitative estimate of drug-likeness (QED) is 0.389. The zero-order valence-electron chi connectivity index (χ0n) is 19.8. The van der Waals surface area contributed by atoms with Gasteiger partial charge in [0.15, 0.2) is 5.78 Å². The number of hydrogen-bond acceptors (Lipinski definition) is 6. The first-order valence-electron chi connectivity index (χ1n) is 12.0. The fraction of sp³-hybridized carbons (Fsp3) is 0.241. The molecule has 1 fully saturated rings. The molecule has 3 atom stereocenters. The molecule has 0 spiro atoms. The molecule has 1 aliphatic carbocycles. The number of aliphatic carboxylic acids is 1. The van der Waals surface area contributed by atoms with Crippen LogP contribution < -0.4 is 4.74 Å². The minimum Gasteiger partial charge on any atom is -0.489 e. The molecule has 7 nitrogen and oxygen atoms in total. The average Bonchev–Trinajstić information content (AvgIpc) is 3.33. The van der Waals surface area contributed by atoms with Gasteiger partial charge < -0.3 is 9.84 Å². The number of Topliss-reactive ketones (excluding diaryl/α,β-unsaturated/α-hetero) is 1. The molecule has 7 heteroatoms. The van der Waals surface area contributed by atoms with Gasteiger partial charge in [0, 0.05) is 23.6 Å². The number of ketones is 1. The molecular formula is C29H27N3O4. The Bertz CT molecular complexity index is 1300. The van der Waals surface area contributed by atoms with E-state index < -0.39 is 17.8 Å². The van der Waals surface area contributed by atoms with Gasteiger partial charge in [-0.25, -0.2) is 5.01 Å². The van der Waals surface area contributed by atoms with Crippen LogP contribution in [0.4, 0.5) is 5.69 Å². The van der Waals surface area contributed by atoms with E-state index >= 15 is 0 Å². The fourth-order valence-corrected chi connectivity index (χ4v) is 5.09. The van der Waals surface area contributed by atoms with Crippen LogP contribution >= 0.6 is 0 Å². The minimum atomic E-state index is -0.960. The lowest BCUT2D eigenvalue weighted by molar-refractivity contribution is -0.144. The zero-order chi connectivity index (χ0) is 25.1. The monoisotopic (exact) mass is 481 g/mol. The van der Waals surface area contributed by atoms with E-state index in [1.54, 1.807) is 29.3 Å². The Morgan fingerprint density at radius 3 is 2.44 bits per heavy atom. The van der Waals surface area contributed by atoms with E-state index in [1.165, 1.54) is 0 Å². The summed E-state index contributed by atoms with van der Waals surface area (Å²) in [5, 5.41) is 20.2. The lowest BCUT2D eigenvalue weighted by atomic mass is 9.84. The van der Waals surface area contributed by atoms with Crippen LogP contribution in [0.2, 0.25) is 0 Å². The molecule has 0 saturated heterocycles. The number of ether oxygens (including phenoxy) is 1. The highest BCUT2D eigenvalue weighted by molar-refractivity contribution is 6.00. The molecule has 0 radical (unpaired) electrons. The zero-order valence-corrected chi connectivity index (χ0v) is 19.8. The van der Waals surface area contributed by atoms with Gasteiger partial charge in [0.25, 0.3) is 0 Å². The summed E-state index contributed by atoms with van der Waals surface area (Å²) < 4.78 is 5.81. The molecule has 1 heterocycles. The third kappa shape index (κ3) is 4.77. The second-order valence-electron chi connectivity index (χ2n) is 9.21. The first-order valence-corrected chi connectivity index (χ1v) is 12.0. The maximum Gasteiger partial charge on any atom is 0.307 e. The minimum absolute atomic E-state index is 0.149. The number of carboxylic acid groups (broad SMARTS) is 1. The standard InChI is InChI=1S/C29H27N3O4/c1-19-24-9-5-6-10-26(24)30-31-32(19)17-22-13-16-25(27(22)29(34)35)28(33)21-11-14-23(15-12-21)36-18-20-7-3-2-4-8-20/h2-12,14-15,22,25,27H,1,13,16-18H2,(H,34,35)/t22-,25-,27-/m1/s1. The average molecular weight is 482 g/mol. The van der Waals surface area contributed by atoms with Crippen LogP contribution in [0, 0.1) is 17.8 Å². The van der Waals surface area contributed by atoms with Crippen molar-refractivity contribution in [3.63, 3.8) is 0 Å². The van der Waals surface area contributed by atoms with Gasteiger partial charge in [-0.2, -0.15) is 0 Å². The molecule has 1 N–H and O–H groups in total. The molecule has 2 aliphatic rings. The van der Waals surface area contributed by atoms with Gasteiger partial charge in [0.1, 0.15) is 12.4 Å². The van der Waals surface area contributed by atoms with Crippen molar-refractivity contribution in [2.24, 2.45) is 28.1 Å². The van der Waals surface area contributed by atoms with Crippen molar-refractivity contribution in [1.29, 1.82) is 0 Å². The normalized spacial score (nSPS) is 20.7. The van der Waals surface area contributed by atoms with Crippen LogP contribution in [0.25, 0.3) is 5.70 Å². The van der Waals surface area contributed by atoms with E-state index in [2.05, 4.69) is 16.9 Å². The number of carbonyl (C=O) groups is 2. The summed E-state index contributed by atoms with van der Waals surface area (Å²) in [5.74, 6) is -2.09. The van der Waals surface area contributed by atoms with E-state index in [0.717, 1.165) is 16.8 Å². The topological polar surface area (TPSA) is 91.6 Å². The molecule has 1 saturated carbocycles. The molecule has 5 rings (SSSR count). The molecule has 1 aliphatic heterocycles. The molecule has 0 amide bonds. The summed E-state index contributed by atoms with van der Waals surface area (Å²) in [5.41, 5.74) is 3.85. The fourth-order valence-electron chi connectivity index (χ4n) is 5.09. The van der Waals surface area contributed by atoms with Crippen molar-refractivity contribution < 1.29 is 19.4 Å². The van der Waals surface area contributed by atoms with Gasteiger partial charge in [-0.1, -0.05) is 60.3 Å². The van der Waals surface area contributed by atoms with Gasteiger partial charge in [-0.05, 0) is 54.7 Å². The van der Waals surface area contributed by atoms with Crippen molar-refractivity contribution in [1.82, 2.24) is 5.01 Å². The van der Waals surface area contributed by atoms with Crippen molar-refractivity contribution in [3.05, 3.63) is 102 Å². The maximum absolute atomic E-state index is 13.3. The highest BCUT2D eigenvalue weighted by atomic mass is 16.5. The number of carboxylic acids is 1. The number of rotatable bonds is 8. The first kappa shape index (κ1) is 23.5. The molecule has 182 valence electrons.